The van der Waals surface area contributed by atoms with Gasteiger partial charge in [-0.1, -0.05) is 12.1 Å². The van der Waals surface area contributed by atoms with Crippen LogP contribution >= 0.6 is 0 Å². The Labute approximate surface area is 158 Å². The van der Waals surface area contributed by atoms with E-state index in [0.717, 1.165) is 11.3 Å². The number of rotatable bonds is 3. The number of ether oxygens (including phenoxy) is 1. The summed E-state index contributed by atoms with van der Waals surface area (Å²) in [7, 11) is 1.33. The maximum atomic E-state index is 12.6. The lowest BCUT2D eigenvalue weighted by Crippen LogP contribution is -2.50. The molecular formula is C20H23N3O4. The molecule has 0 spiro atoms. The first kappa shape index (κ1) is 18.6. The second kappa shape index (κ2) is 7.99. The quantitative estimate of drug-likeness (QED) is 0.813. The third-order valence-corrected chi connectivity index (χ3v) is 4.66. The first-order valence-corrected chi connectivity index (χ1v) is 8.77. The van der Waals surface area contributed by atoms with E-state index in [4.69, 9.17) is 4.74 Å². The van der Waals surface area contributed by atoms with Crippen LogP contribution in [-0.2, 0) is 4.74 Å². The number of urea groups is 1. The second-order valence-electron chi connectivity index (χ2n) is 6.45. The number of benzene rings is 2. The normalized spacial score (nSPS) is 14.0. The molecule has 1 heterocycles. The first-order chi connectivity index (χ1) is 13.0. The van der Waals surface area contributed by atoms with Crippen molar-refractivity contribution in [1.82, 2.24) is 4.90 Å². The number of nitrogens with one attached hydrogen (secondary N) is 1. The lowest BCUT2D eigenvalue weighted by atomic mass is 10.1. The van der Waals surface area contributed by atoms with Gasteiger partial charge in [0, 0.05) is 43.6 Å². The fourth-order valence-corrected chi connectivity index (χ4v) is 3.05. The molecule has 27 heavy (non-hydrogen) atoms. The number of phenolic OH excluding ortho intramolecular Hbond substituents is 1. The predicted molar refractivity (Wildman–Crippen MR) is 103 cm³/mol. The Morgan fingerprint density at radius 2 is 1.81 bits per heavy atom. The number of aromatic hydroxyl groups is 1. The molecule has 1 fully saturated rings. The summed E-state index contributed by atoms with van der Waals surface area (Å²) in [5.74, 6) is -0.209. The summed E-state index contributed by atoms with van der Waals surface area (Å²) in [5.41, 5.74) is 2.80. The van der Waals surface area contributed by atoms with Crippen LogP contribution in [0.3, 0.4) is 0 Å². The van der Waals surface area contributed by atoms with Gasteiger partial charge in [-0.15, -0.1) is 0 Å². The van der Waals surface area contributed by atoms with Gasteiger partial charge < -0.3 is 25.0 Å². The molecule has 0 saturated carbocycles. The van der Waals surface area contributed by atoms with Crippen LogP contribution < -0.4 is 10.2 Å². The maximum absolute atomic E-state index is 12.6. The number of hydrogen-bond acceptors (Lipinski definition) is 5. The molecule has 2 amide bonds. The number of phenols is 1. The van der Waals surface area contributed by atoms with Gasteiger partial charge in [0.15, 0.2) is 0 Å². The second-order valence-corrected chi connectivity index (χ2v) is 6.45. The highest BCUT2D eigenvalue weighted by Crippen LogP contribution is 2.22. The Morgan fingerprint density at radius 1 is 1.07 bits per heavy atom. The van der Waals surface area contributed by atoms with Crippen LogP contribution in [-0.4, -0.2) is 55.3 Å². The molecule has 142 valence electrons. The van der Waals surface area contributed by atoms with Gasteiger partial charge in [-0.2, -0.15) is 0 Å². The van der Waals surface area contributed by atoms with E-state index in [9.17, 15) is 14.7 Å². The van der Waals surface area contributed by atoms with Crippen LogP contribution in [0.4, 0.5) is 16.2 Å². The van der Waals surface area contributed by atoms with Crippen LogP contribution in [0.5, 0.6) is 5.75 Å². The Bertz CT molecular complexity index is 845. The van der Waals surface area contributed by atoms with Crippen molar-refractivity contribution in [3.05, 3.63) is 53.6 Å². The van der Waals surface area contributed by atoms with Crippen LogP contribution in [0, 0.1) is 6.92 Å². The molecule has 1 saturated heterocycles. The zero-order valence-corrected chi connectivity index (χ0v) is 15.4. The lowest BCUT2D eigenvalue weighted by Gasteiger charge is -2.36. The standard InChI is InChI=1S/C20H23N3O4/c1-14-6-7-15(19(25)27-2)12-18(14)21-20(26)23-10-8-22(9-11-23)16-4-3-5-17(24)13-16/h3-7,12-13,24H,8-11H2,1-2H3,(H,21,26). The average molecular weight is 369 g/mol. The summed E-state index contributed by atoms with van der Waals surface area (Å²) < 4.78 is 4.73. The molecule has 0 aliphatic carbocycles. The number of piperazine rings is 1. The summed E-state index contributed by atoms with van der Waals surface area (Å²) >= 11 is 0. The third kappa shape index (κ3) is 4.31. The Hall–Kier alpha value is -3.22. The van der Waals surface area contributed by atoms with Crippen molar-refractivity contribution in [3.63, 3.8) is 0 Å². The highest BCUT2D eigenvalue weighted by atomic mass is 16.5. The molecule has 7 nitrogen and oxygen atoms in total. The van der Waals surface area contributed by atoms with Gasteiger partial charge in [0.2, 0.25) is 0 Å². The molecule has 2 aromatic carbocycles. The predicted octanol–water partition coefficient (Wildman–Crippen LogP) is 2.84. The minimum Gasteiger partial charge on any atom is -0.508 e. The number of amides is 2. The zero-order chi connectivity index (χ0) is 19.4. The van der Waals surface area contributed by atoms with E-state index in [-0.39, 0.29) is 11.8 Å². The van der Waals surface area contributed by atoms with Gasteiger partial charge in [-0.05, 0) is 36.8 Å². The van der Waals surface area contributed by atoms with Crippen molar-refractivity contribution in [2.75, 3.05) is 43.5 Å². The van der Waals surface area contributed by atoms with Crippen molar-refractivity contribution in [2.24, 2.45) is 0 Å². The van der Waals surface area contributed by atoms with E-state index in [1.165, 1.54) is 7.11 Å². The number of aryl methyl sites for hydroxylation is 1. The highest BCUT2D eigenvalue weighted by molar-refractivity contribution is 5.94. The summed E-state index contributed by atoms with van der Waals surface area (Å²) in [6.45, 7) is 4.36. The van der Waals surface area contributed by atoms with Crippen molar-refractivity contribution < 1.29 is 19.4 Å². The average Bonchev–Trinajstić information content (AvgIpc) is 2.69. The van der Waals surface area contributed by atoms with Gasteiger partial charge in [0.25, 0.3) is 0 Å². The van der Waals surface area contributed by atoms with E-state index < -0.39 is 5.97 Å². The summed E-state index contributed by atoms with van der Waals surface area (Å²) in [4.78, 5) is 28.2. The van der Waals surface area contributed by atoms with E-state index >= 15 is 0 Å². The van der Waals surface area contributed by atoms with Crippen molar-refractivity contribution in [3.8, 4) is 5.75 Å². The van der Waals surface area contributed by atoms with Crippen LogP contribution in [0.25, 0.3) is 0 Å². The Balaban J connectivity index is 1.62. The zero-order valence-electron chi connectivity index (χ0n) is 15.4. The number of nitrogens with zero attached hydrogens (tertiary/aromatic N) is 2. The highest BCUT2D eigenvalue weighted by Gasteiger charge is 2.22. The number of hydrogen-bond donors (Lipinski definition) is 2. The maximum Gasteiger partial charge on any atom is 0.337 e. The van der Waals surface area contributed by atoms with Crippen LogP contribution in [0.15, 0.2) is 42.5 Å². The van der Waals surface area contributed by atoms with Gasteiger partial charge in [0.05, 0.1) is 12.7 Å². The smallest absolute Gasteiger partial charge is 0.337 e. The largest absolute Gasteiger partial charge is 0.508 e. The Kier molecular flexibility index (Phi) is 5.49. The van der Waals surface area contributed by atoms with Crippen molar-refractivity contribution >= 4 is 23.4 Å². The molecule has 0 aromatic heterocycles. The monoisotopic (exact) mass is 369 g/mol. The van der Waals surface area contributed by atoms with Gasteiger partial charge >= 0.3 is 12.0 Å². The van der Waals surface area contributed by atoms with Gasteiger partial charge in [-0.25, -0.2) is 9.59 Å². The molecule has 7 heteroatoms. The number of carbonyl (C=O) groups excluding carboxylic acids is 2. The molecular weight excluding hydrogens is 346 g/mol. The van der Waals surface area contributed by atoms with E-state index in [2.05, 4.69) is 10.2 Å². The number of anilines is 2. The number of esters is 1. The number of methoxy groups -OCH3 is 1. The lowest BCUT2D eigenvalue weighted by molar-refractivity contribution is 0.0600. The summed E-state index contributed by atoms with van der Waals surface area (Å²) in [6, 6.07) is 12.0. The fraction of sp³-hybridized carbons (Fsp3) is 0.300. The molecule has 2 aromatic rings. The van der Waals surface area contributed by atoms with Crippen molar-refractivity contribution in [1.29, 1.82) is 0 Å². The minimum atomic E-state index is -0.440. The fourth-order valence-electron chi connectivity index (χ4n) is 3.05. The minimum absolute atomic E-state index is 0.198. The number of carbonyl (C=O) groups is 2. The molecule has 0 radical (unpaired) electrons. The van der Waals surface area contributed by atoms with Crippen molar-refractivity contribution in [2.45, 2.75) is 6.92 Å². The molecule has 1 aliphatic heterocycles. The summed E-state index contributed by atoms with van der Waals surface area (Å²) in [6.07, 6.45) is 0. The topological polar surface area (TPSA) is 82.1 Å². The molecule has 1 aliphatic rings. The third-order valence-electron chi connectivity index (χ3n) is 4.66. The Morgan fingerprint density at radius 3 is 2.48 bits per heavy atom. The molecule has 2 N–H and O–H groups in total. The summed E-state index contributed by atoms with van der Waals surface area (Å²) in [5, 5.41) is 12.5. The van der Waals surface area contributed by atoms with Gasteiger partial charge in [-0.3, -0.25) is 0 Å². The SMILES string of the molecule is COC(=O)c1ccc(C)c(NC(=O)N2CCN(c3cccc(O)c3)CC2)c1. The van der Waals surface area contributed by atoms with Crippen LogP contribution in [0.1, 0.15) is 15.9 Å². The first-order valence-electron chi connectivity index (χ1n) is 8.77. The van der Waals surface area contributed by atoms with E-state index in [1.807, 2.05) is 13.0 Å². The van der Waals surface area contributed by atoms with Crippen LogP contribution in [0.2, 0.25) is 0 Å². The molecule has 0 atom stereocenters. The van der Waals surface area contributed by atoms with E-state index in [0.29, 0.717) is 37.4 Å². The molecule has 0 unspecified atom stereocenters. The molecule has 3 rings (SSSR count). The van der Waals surface area contributed by atoms with E-state index in [1.54, 1.807) is 41.3 Å². The molecule has 0 bridgehead atoms. The van der Waals surface area contributed by atoms with Gasteiger partial charge in [0.1, 0.15) is 5.75 Å².